The summed E-state index contributed by atoms with van der Waals surface area (Å²) in [5.41, 5.74) is 1.74. The van der Waals surface area contributed by atoms with Crippen molar-refractivity contribution in [3.8, 4) is 0 Å². The average molecular weight is 311 g/mol. The highest BCUT2D eigenvalue weighted by atomic mass is 16.2. The van der Waals surface area contributed by atoms with Gasteiger partial charge in [-0.1, -0.05) is 12.1 Å². The van der Waals surface area contributed by atoms with E-state index in [4.69, 9.17) is 0 Å². The standard InChI is InChI=1S/C16H17N5O2/c1-21-10-11(9-18-21)5-4-8-17-15(22)14-16(23)20-13-7-3-2-6-12(13)19-14/h2-3,6-7,9-10H,4-5,8H2,1H3,(H,17,22)(H,20,23). The minimum atomic E-state index is -0.478. The molecular formula is C16H17N5O2. The molecule has 0 spiro atoms. The molecule has 7 nitrogen and oxygen atoms in total. The van der Waals surface area contributed by atoms with Crippen molar-refractivity contribution in [3.05, 3.63) is 58.3 Å². The first kappa shape index (κ1) is 15.0. The zero-order chi connectivity index (χ0) is 16.2. The Balaban J connectivity index is 1.62. The molecule has 0 atom stereocenters. The molecule has 2 N–H and O–H groups in total. The molecule has 1 aromatic carbocycles. The summed E-state index contributed by atoms with van der Waals surface area (Å²) >= 11 is 0. The molecule has 3 aromatic rings. The van der Waals surface area contributed by atoms with Gasteiger partial charge in [0, 0.05) is 19.8 Å². The lowest BCUT2D eigenvalue weighted by atomic mass is 10.2. The third kappa shape index (κ3) is 3.45. The van der Waals surface area contributed by atoms with Gasteiger partial charge in [0.05, 0.1) is 17.2 Å². The molecule has 0 saturated carbocycles. The van der Waals surface area contributed by atoms with Gasteiger partial charge in [0.2, 0.25) is 0 Å². The number of para-hydroxylation sites is 2. The largest absolute Gasteiger partial charge is 0.351 e. The van der Waals surface area contributed by atoms with Crippen molar-refractivity contribution in [2.45, 2.75) is 12.8 Å². The molecule has 0 bridgehead atoms. The SMILES string of the molecule is Cn1cc(CCCNC(=O)c2nc3ccccc3[nH]c2=O)cn1. The van der Waals surface area contributed by atoms with Gasteiger partial charge in [0.25, 0.3) is 11.5 Å². The number of aromatic amines is 1. The van der Waals surface area contributed by atoms with Crippen LogP contribution in [0.5, 0.6) is 0 Å². The van der Waals surface area contributed by atoms with E-state index in [2.05, 4.69) is 20.4 Å². The van der Waals surface area contributed by atoms with Crippen molar-refractivity contribution in [1.29, 1.82) is 0 Å². The van der Waals surface area contributed by atoms with Crippen LogP contribution in [0, 0.1) is 0 Å². The second-order valence-corrected chi connectivity index (χ2v) is 5.31. The fraction of sp³-hybridized carbons (Fsp3) is 0.250. The number of fused-ring (bicyclic) bond motifs is 1. The maximum Gasteiger partial charge on any atom is 0.280 e. The zero-order valence-corrected chi connectivity index (χ0v) is 12.7. The van der Waals surface area contributed by atoms with E-state index in [1.165, 1.54) is 0 Å². The van der Waals surface area contributed by atoms with Gasteiger partial charge >= 0.3 is 0 Å². The second kappa shape index (κ2) is 6.43. The number of aromatic nitrogens is 4. The second-order valence-electron chi connectivity index (χ2n) is 5.31. The van der Waals surface area contributed by atoms with Crippen LogP contribution in [0.3, 0.4) is 0 Å². The van der Waals surface area contributed by atoms with E-state index in [1.807, 2.05) is 19.3 Å². The predicted molar refractivity (Wildman–Crippen MR) is 86.2 cm³/mol. The molecule has 0 aliphatic rings. The van der Waals surface area contributed by atoms with Crippen LogP contribution in [0.4, 0.5) is 0 Å². The van der Waals surface area contributed by atoms with Gasteiger partial charge in [-0.25, -0.2) is 4.98 Å². The molecule has 0 radical (unpaired) electrons. The predicted octanol–water partition coefficient (Wildman–Crippen LogP) is 1.02. The Labute approximate surface area is 132 Å². The van der Waals surface area contributed by atoms with Crippen LogP contribution in [0.2, 0.25) is 0 Å². The molecule has 1 amide bonds. The first-order valence-corrected chi connectivity index (χ1v) is 7.38. The van der Waals surface area contributed by atoms with Gasteiger partial charge < -0.3 is 10.3 Å². The smallest absolute Gasteiger partial charge is 0.280 e. The summed E-state index contributed by atoms with van der Waals surface area (Å²) in [6.07, 6.45) is 5.33. The maximum absolute atomic E-state index is 12.1. The number of hydrogen-bond acceptors (Lipinski definition) is 4. The van der Waals surface area contributed by atoms with Crippen LogP contribution in [0.1, 0.15) is 22.5 Å². The van der Waals surface area contributed by atoms with Gasteiger partial charge in [-0.15, -0.1) is 0 Å². The Morgan fingerprint density at radius 2 is 2.17 bits per heavy atom. The van der Waals surface area contributed by atoms with Crippen LogP contribution in [-0.4, -0.2) is 32.2 Å². The lowest BCUT2D eigenvalue weighted by Gasteiger charge is -2.04. The van der Waals surface area contributed by atoms with E-state index in [-0.39, 0.29) is 5.69 Å². The number of amides is 1. The molecule has 23 heavy (non-hydrogen) atoms. The summed E-state index contributed by atoms with van der Waals surface area (Å²) in [6.45, 7) is 0.474. The first-order chi connectivity index (χ1) is 11.1. The van der Waals surface area contributed by atoms with Crippen LogP contribution in [-0.2, 0) is 13.5 Å². The summed E-state index contributed by atoms with van der Waals surface area (Å²) in [5.74, 6) is -0.455. The molecule has 118 valence electrons. The Hall–Kier alpha value is -2.96. The minimum Gasteiger partial charge on any atom is -0.351 e. The molecule has 0 aliphatic carbocycles. The van der Waals surface area contributed by atoms with E-state index in [9.17, 15) is 9.59 Å². The third-order valence-corrected chi connectivity index (χ3v) is 3.50. The number of carbonyl (C=O) groups excluding carboxylic acids is 1. The van der Waals surface area contributed by atoms with Crippen molar-refractivity contribution < 1.29 is 4.79 Å². The molecule has 3 rings (SSSR count). The quantitative estimate of drug-likeness (QED) is 0.688. The average Bonchev–Trinajstić information content (AvgIpc) is 2.96. The molecule has 0 aliphatic heterocycles. The van der Waals surface area contributed by atoms with Crippen molar-refractivity contribution >= 4 is 16.9 Å². The molecule has 0 fully saturated rings. The summed E-state index contributed by atoms with van der Waals surface area (Å²) in [5, 5.41) is 6.83. The molecule has 7 heteroatoms. The fourth-order valence-electron chi connectivity index (χ4n) is 2.36. The van der Waals surface area contributed by atoms with E-state index in [1.54, 1.807) is 29.1 Å². The fourth-order valence-corrected chi connectivity index (χ4v) is 2.36. The van der Waals surface area contributed by atoms with Crippen molar-refractivity contribution in [2.75, 3.05) is 6.54 Å². The molecular weight excluding hydrogens is 294 g/mol. The summed E-state index contributed by atoms with van der Waals surface area (Å²) in [6, 6.07) is 7.12. The number of aryl methyl sites for hydroxylation is 2. The first-order valence-electron chi connectivity index (χ1n) is 7.38. The van der Waals surface area contributed by atoms with Crippen molar-refractivity contribution in [2.24, 2.45) is 7.05 Å². The van der Waals surface area contributed by atoms with Crippen molar-refractivity contribution in [1.82, 2.24) is 25.1 Å². The van der Waals surface area contributed by atoms with E-state index in [0.29, 0.717) is 17.6 Å². The lowest BCUT2D eigenvalue weighted by molar-refractivity contribution is 0.0947. The van der Waals surface area contributed by atoms with Gasteiger partial charge in [0.15, 0.2) is 5.69 Å². The molecule has 0 saturated heterocycles. The number of rotatable bonds is 5. The Kier molecular flexibility index (Phi) is 4.18. The highest BCUT2D eigenvalue weighted by molar-refractivity contribution is 5.93. The number of nitrogens with one attached hydrogen (secondary N) is 2. The minimum absolute atomic E-state index is 0.106. The van der Waals surface area contributed by atoms with Crippen LogP contribution in [0.15, 0.2) is 41.5 Å². The Morgan fingerprint density at radius 3 is 2.96 bits per heavy atom. The van der Waals surface area contributed by atoms with Gasteiger partial charge in [-0.05, 0) is 30.5 Å². The summed E-state index contributed by atoms with van der Waals surface area (Å²) in [7, 11) is 1.86. The van der Waals surface area contributed by atoms with Crippen molar-refractivity contribution in [3.63, 3.8) is 0 Å². The van der Waals surface area contributed by atoms with E-state index in [0.717, 1.165) is 18.4 Å². The highest BCUT2D eigenvalue weighted by Crippen LogP contribution is 2.06. The zero-order valence-electron chi connectivity index (χ0n) is 12.7. The number of H-pyrrole nitrogens is 1. The van der Waals surface area contributed by atoms with Crippen LogP contribution >= 0.6 is 0 Å². The maximum atomic E-state index is 12.1. The normalized spacial score (nSPS) is 10.8. The highest BCUT2D eigenvalue weighted by Gasteiger charge is 2.13. The number of benzene rings is 1. The molecule has 2 aromatic heterocycles. The summed E-state index contributed by atoms with van der Waals surface area (Å²) < 4.78 is 1.74. The van der Waals surface area contributed by atoms with Crippen LogP contribution in [0.25, 0.3) is 11.0 Å². The van der Waals surface area contributed by atoms with E-state index >= 15 is 0 Å². The number of carbonyl (C=O) groups is 1. The molecule has 2 heterocycles. The van der Waals surface area contributed by atoms with Crippen LogP contribution < -0.4 is 10.9 Å². The number of hydrogen-bond donors (Lipinski definition) is 2. The third-order valence-electron chi connectivity index (χ3n) is 3.50. The molecule has 0 unspecified atom stereocenters. The monoisotopic (exact) mass is 311 g/mol. The Morgan fingerprint density at radius 1 is 1.35 bits per heavy atom. The van der Waals surface area contributed by atoms with Gasteiger partial charge in [-0.3, -0.25) is 14.3 Å². The van der Waals surface area contributed by atoms with E-state index < -0.39 is 11.5 Å². The Bertz CT molecular complexity index is 897. The topological polar surface area (TPSA) is 92.7 Å². The van der Waals surface area contributed by atoms with Gasteiger partial charge in [-0.2, -0.15) is 5.10 Å². The summed E-state index contributed by atoms with van der Waals surface area (Å²) in [4.78, 5) is 30.9. The lowest BCUT2D eigenvalue weighted by Crippen LogP contribution is -2.31. The number of nitrogens with zero attached hydrogens (tertiary/aromatic N) is 3. The van der Waals surface area contributed by atoms with Gasteiger partial charge in [0.1, 0.15) is 0 Å².